The number of carbonyl (C=O) groups is 14. The van der Waals surface area contributed by atoms with Crippen LogP contribution in [0.3, 0.4) is 0 Å². The number of carboxylic acids is 4. The highest BCUT2D eigenvalue weighted by molar-refractivity contribution is 7.80. The molecule has 4 aliphatic heterocycles. The smallest absolute Gasteiger partial charge is 0.336 e. The Labute approximate surface area is 646 Å². The number of amides is 10. The lowest BCUT2D eigenvalue weighted by molar-refractivity contribution is -0.146. The number of phenols is 1. The van der Waals surface area contributed by atoms with Crippen LogP contribution in [0, 0.1) is 0 Å². The van der Waals surface area contributed by atoms with Crippen molar-refractivity contribution in [2.24, 2.45) is 5.73 Å². The van der Waals surface area contributed by atoms with Crippen molar-refractivity contribution in [3.63, 3.8) is 0 Å². The molecule has 0 bridgehead atoms. The van der Waals surface area contributed by atoms with Gasteiger partial charge in [0.2, 0.25) is 59.1 Å². The maximum absolute atomic E-state index is 14.7. The van der Waals surface area contributed by atoms with E-state index >= 15 is 0 Å². The van der Waals surface area contributed by atoms with Gasteiger partial charge in [-0.1, -0.05) is 6.07 Å². The first-order valence-electron chi connectivity index (χ1n) is 36.4. The highest BCUT2D eigenvalue weighted by Gasteiger charge is 2.43. The molecule has 3 aromatic carbocycles. The minimum absolute atomic E-state index is 0.000284. The number of hydrogen-bond acceptors (Lipinski definition) is 21. The van der Waals surface area contributed by atoms with Crippen LogP contribution in [0.25, 0.3) is 33.4 Å². The summed E-state index contributed by atoms with van der Waals surface area (Å²) in [5.74, 6) is -13.1. The number of rotatable bonds is 38. The number of aromatic carboxylic acids is 1. The molecule has 602 valence electrons. The zero-order chi connectivity index (χ0) is 81.8. The number of ether oxygens (including phenoxy) is 2. The molecule has 3 fully saturated rings. The van der Waals surface area contributed by atoms with Crippen molar-refractivity contribution in [3.8, 4) is 39.7 Å². The second kappa shape index (κ2) is 39.6. The molecule has 15 N–H and O–H groups in total. The number of benzene rings is 4. The molecule has 5 aliphatic rings. The summed E-state index contributed by atoms with van der Waals surface area (Å²) in [7, 11) is 2.84. The number of thiocarbonyl (C=S) groups is 1. The molecule has 9 atom stereocenters. The van der Waals surface area contributed by atoms with E-state index in [1.807, 2.05) is 0 Å². The van der Waals surface area contributed by atoms with Gasteiger partial charge in [-0.05, 0) is 169 Å². The minimum Gasteiger partial charge on any atom is -0.508 e. The quantitative estimate of drug-likeness (QED) is 0.0151. The van der Waals surface area contributed by atoms with E-state index in [1.54, 1.807) is 30.3 Å². The molecule has 0 unspecified atom stereocenters. The van der Waals surface area contributed by atoms with E-state index in [0.29, 0.717) is 58.5 Å². The number of anilines is 1. The summed E-state index contributed by atoms with van der Waals surface area (Å²) in [6.45, 7) is 1.94. The lowest BCUT2D eigenvalue weighted by Gasteiger charge is -2.32. The molecular formula is C75H92N12O24S. The molecule has 0 radical (unpaired) electrons. The molecular weight excluding hydrogens is 1480 g/mol. The average molecular weight is 1580 g/mol. The zero-order valence-corrected chi connectivity index (χ0v) is 62.8. The van der Waals surface area contributed by atoms with E-state index in [1.165, 1.54) is 75.4 Å². The summed E-state index contributed by atoms with van der Waals surface area (Å²) in [4.78, 5) is 204. The number of carbonyl (C=O) groups excluding carboxylic acids is 10. The van der Waals surface area contributed by atoms with Crippen molar-refractivity contribution in [2.75, 3.05) is 58.8 Å². The van der Waals surface area contributed by atoms with Gasteiger partial charge in [0.15, 0.2) is 22.0 Å². The Morgan fingerprint density at radius 3 is 1.82 bits per heavy atom. The van der Waals surface area contributed by atoms with Crippen LogP contribution in [0.5, 0.6) is 17.2 Å². The molecule has 3 saturated heterocycles. The van der Waals surface area contributed by atoms with Crippen LogP contribution < -0.4 is 57.9 Å². The maximum atomic E-state index is 14.7. The summed E-state index contributed by atoms with van der Waals surface area (Å²) in [6.07, 6.45) is -2.82. The average Bonchev–Trinajstić information content (AvgIpc) is 1.08. The summed E-state index contributed by atoms with van der Waals surface area (Å²) in [5.41, 5.74) is 7.30. The van der Waals surface area contributed by atoms with Crippen molar-refractivity contribution in [1.29, 1.82) is 0 Å². The fourth-order valence-corrected chi connectivity index (χ4v) is 14.0. The predicted molar refractivity (Wildman–Crippen MR) is 402 cm³/mol. The van der Waals surface area contributed by atoms with Crippen LogP contribution in [-0.4, -0.2) is 246 Å². The van der Waals surface area contributed by atoms with Crippen LogP contribution >= 0.6 is 12.2 Å². The van der Waals surface area contributed by atoms with Crippen LogP contribution in [0.2, 0.25) is 0 Å². The zero-order valence-electron chi connectivity index (χ0n) is 62.0. The Hall–Kier alpha value is -12.0. The lowest BCUT2D eigenvalue weighted by Crippen LogP contribution is -2.60. The van der Waals surface area contributed by atoms with Crippen molar-refractivity contribution < 1.29 is 112 Å². The third-order valence-electron chi connectivity index (χ3n) is 19.5. The standard InChI is InChI=1S/C75H92N12O24S/c1-39(72(105)84(33-28-41-14-24-55(109-3)58(34-41)110-4)38-60(92)86-31-8-11-53(86)68(101)81-50(22-26-62(95)96)67(100)80-49(66(76)99)21-25-61(93)94)78-71(104)65(40(2)88)83-70(103)54-12-9-32-87(54)73(106)51(23-27-63(97)98)82-69(102)52-10-7-30-85(52)59(91)13-5-6-29-77-75(112)79-42-15-18-45(74(107)108)48(35-42)64-46-19-16-43(89)36-56(46)111-57-37-44(90)17-20-47(57)64/h14-20,24,34-37,39-40,49-54,65,88-89H,5-13,21-23,25-33,38H2,1-4H3,(H2,76,99)(H,78,104)(H,80,100)(H,81,101)(H,82,102)(H,83,103)(H,93,94)(H,95,96)(H,97,98)(H,107,108)(H2,77,79,112)/t39-,40+,49-,50-,51-,52-,53-,54-,65-/m1/s1. The molecule has 0 spiro atoms. The highest BCUT2D eigenvalue weighted by Crippen LogP contribution is 2.43. The van der Waals surface area contributed by atoms with Gasteiger partial charge in [0, 0.05) is 92.7 Å². The first kappa shape index (κ1) is 85.6. The largest absolute Gasteiger partial charge is 0.508 e. The van der Waals surface area contributed by atoms with E-state index in [4.69, 9.17) is 36.9 Å². The number of nitrogens with two attached hydrogens (primary N) is 1. The summed E-state index contributed by atoms with van der Waals surface area (Å²) < 4.78 is 16.8. The number of nitrogens with one attached hydrogen (secondary N) is 7. The first-order chi connectivity index (χ1) is 53.3. The number of unbranched alkanes of at least 4 members (excludes halogenated alkanes) is 1. The van der Waals surface area contributed by atoms with Crippen molar-refractivity contribution >= 4 is 117 Å². The number of methoxy groups -OCH3 is 2. The predicted octanol–water partition coefficient (Wildman–Crippen LogP) is 1.39. The monoisotopic (exact) mass is 1580 g/mol. The second-order valence-corrected chi connectivity index (χ2v) is 27.8. The summed E-state index contributed by atoms with van der Waals surface area (Å²) in [6, 6.07) is 6.32. The van der Waals surface area contributed by atoms with Crippen LogP contribution in [0.15, 0.2) is 82.0 Å². The first-order valence-corrected chi connectivity index (χ1v) is 36.8. The lowest BCUT2D eigenvalue weighted by atomic mass is 9.90. The maximum Gasteiger partial charge on any atom is 0.336 e. The van der Waals surface area contributed by atoms with Crippen molar-refractivity contribution in [1.82, 2.24) is 51.5 Å². The number of primary amides is 1. The van der Waals surface area contributed by atoms with Gasteiger partial charge in [-0.25, -0.2) is 4.79 Å². The molecule has 37 heteroatoms. The molecule has 36 nitrogen and oxygen atoms in total. The van der Waals surface area contributed by atoms with E-state index in [9.17, 15) is 97.5 Å². The number of aromatic hydroxyl groups is 1. The van der Waals surface area contributed by atoms with Crippen LogP contribution in [0.4, 0.5) is 5.69 Å². The number of likely N-dealkylation sites (tertiary alicyclic amines) is 3. The molecule has 8 rings (SSSR count). The number of phenolic OH excluding ortho intramolecular Hbond substituents is 1. The Morgan fingerprint density at radius 1 is 0.625 bits per heavy atom. The van der Waals surface area contributed by atoms with Gasteiger partial charge in [-0.15, -0.1) is 0 Å². The number of aliphatic hydroxyl groups excluding tert-OH is 1. The summed E-state index contributed by atoms with van der Waals surface area (Å²) >= 11 is 5.59. The number of aliphatic carboxylic acids is 3. The third kappa shape index (κ3) is 22.6. The molecule has 0 saturated carbocycles. The van der Waals surface area contributed by atoms with Gasteiger partial charge in [-0.3, -0.25) is 67.1 Å². The number of aliphatic hydroxyl groups is 1. The van der Waals surface area contributed by atoms with E-state index in [-0.39, 0.29) is 122 Å². The fourth-order valence-electron chi connectivity index (χ4n) is 13.8. The van der Waals surface area contributed by atoms with Gasteiger partial charge in [-0.2, -0.15) is 0 Å². The van der Waals surface area contributed by atoms with Crippen molar-refractivity contribution in [2.45, 2.75) is 171 Å². The molecule has 0 aromatic heterocycles. The van der Waals surface area contributed by atoms with Gasteiger partial charge in [0.1, 0.15) is 65.4 Å². The highest BCUT2D eigenvalue weighted by atomic mass is 32.1. The van der Waals surface area contributed by atoms with Gasteiger partial charge < -0.3 is 107 Å². The number of carboxylic acid groups (broad SMARTS) is 4. The Bertz CT molecular complexity index is 4440. The van der Waals surface area contributed by atoms with Gasteiger partial charge in [0.05, 0.1) is 32.4 Å². The molecule has 3 aromatic rings. The van der Waals surface area contributed by atoms with Gasteiger partial charge >= 0.3 is 23.9 Å². The third-order valence-corrected chi connectivity index (χ3v) is 19.8. The Kier molecular flexibility index (Phi) is 30.2. The molecule has 1 aliphatic carbocycles. The molecule has 10 amide bonds. The van der Waals surface area contributed by atoms with E-state index in [2.05, 4.69) is 37.2 Å². The number of hydrogen-bond donors (Lipinski definition) is 14. The normalized spacial score (nSPS) is 16.8. The summed E-state index contributed by atoms with van der Waals surface area (Å²) in [5, 5.41) is 79.1. The SMILES string of the molecule is COc1ccc(CCN(CC(=O)N2CCC[C@@H]2C(=O)N[C@H](CCC(=O)O)C(=O)N[C@H](CCC(=O)O)C(N)=O)C(=O)[C@@H](C)NC(=O)[C@H](NC(=O)[C@H]2CCCN2C(=O)[C@@H](CCC(=O)O)NC(=O)[C@H]2CCCN2C(=O)CCCCNC(=S)Nc2ccc(C(=O)O)c(-c3c4ccc(=O)cc-4oc4cc(O)ccc34)c2)[C@H](C)O)cc1OC. The Balaban J connectivity index is 0.872. The molecule has 112 heavy (non-hydrogen) atoms. The van der Waals surface area contributed by atoms with E-state index < -0.39 is 177 Å². The topological polar surface area (TPSA) is 532 Å². The van der Waals surface area contributed by atoms with Crippen LogP contribution in [0.1, 0.15) is 126 Å². The van der Waals surface area contributed by atoms with Gasteiger partial charge in [0.25, 0.3) is 0 Å². The minimum atomic E-state index is -1.79. The molecule has 4 heterocycles. The van der Waals surface area contributed by atoms with Crippen molar-refractivity contribution in [3.05, 3.63) is 94.1 Å². The van der Waals surface area contributed by atoms with Crippen LogP contribution in [-0.2, 0) is 68.7 Å². The fraction of sp³-hybridized carbons (Fsp3) is 0.467. The number of fused-ring (bicyclic) bond motifs is 2. The van der Waals surface area contributed by atoms with E-state index in [0.717, 1.165) is 14.7 Å². The number of nitrogens with zero attached hydrogens (tertiary/aromatic N) is 4. The Morgan fingerprint density at radius 2 is 1.21 bits per heavy atom. The second-order valence-electron chi connectivity index (χ2n) is 27.4.